The summed E-state index contributed by atoms with van der Waals surface area (Å²) in [5.41, 5.74) is 7.97. The maximum atomic E-state index is 13.6. The summed E-state index contributed by atoms with van der Waals surface area (Å²) < 4.78 is 27.2. The number of nitrogens with zero attached hydrogens (tertiary/aromatic N) is 5. The van der Waals surface area contributed by atoms with Crippen LogP contribution in [0.2, 0.25) is 0 Å². The first-order valence-corrected chi connectivity index (χ1v) is 12.9. The first-order chi connectivity index (χ1) is 18.0. The Morgan fingerprint density at radius 1 is 1.03 bits per heavy atom. The van der Waals surface area contributed by atoms with Crippen molar-refractivity contribution in [1.29, 1.82) is 0 Å². The van der Waals surface area contributed by atoms with Crippen LogP contribution in [0.4, 0.5) is 8.78 Å². The minimum absolute atomic E-state index is 0.0976. The molecule has 6 aromatic heterocycles. The molecule has 0 aromatic carbocycles. The largest absolute Gasteiger partial charge is 0.338 e. The number of alkyl halides is 2. The van der Waals surface area contributed by atoms with Gasteiger partial charge < -0.3 is 4.98 Å². The van der Waals surface area contributed by atoms with Crippen molar-refractivity contribution in [1.82, 2.24) is 35.0 Å². The molecule has 0 bridgehead atoms. The van der Waals surface area contributed by atoms with Crippen LogP contribution in [0.15, 0.2) is 65.9 Å². The molecule has 0 amide bonds. The average Bonchev–Trinajstić information content (AvgIpc) is 3.69. The molecule has 1 fully saturated rings. The molecule has 7 heterocycles. The van der Waals surface area contributed by atoms with E-state index in [0.717, 1.165) is 61.3 Å². The van der Waals surface area contributed by atoms with E-state index in [1.54, 1.807) is 34.8 Å². The van der Waals surface area contributed by atoms with E-state index in [2.05, 4.69) is 53.0 Å². The second kappa shape index (κ2) is 8.53. The van der Waals surface area contributed by atoms with Gasteiger partial charge in [-0.2, -0.15) is 16.4 Å². The number of pyridine rings is 3. The van der Waals surface area contributed by atoms with Gasteiger partial charge in [0.15, 0.2) is 0 Å². The average molecular weight is 514 g/mol. The Balaban J connectivity index is 1.24. The maximum Gasteiger partial charge on any atom is 0.261 e. The van der Waals surface area contributed by atoms with E-state index in [1.165, 1.54) is 0 Å². The smallest absolute Gasteiger partial charge is 0.261 e. The van der Waals surface area contributed by atoms with Crippen LogP contribution in [0.5, 0.6) is 0 Å². The van der Waals surface area contributed by atoms with Crippen molar-refractivity contribution >= 4 is 33.3 Å². The van der Waals surface area contributed by atoms with Crippen molar-refractivity contribution in [2.45, 2.75) is 18.9 Å². The van der Waals surface area contributed by atoms with Crippen LogP contribution in [-0.2, 0) is 6.54 Å². The topological polar surface area (TPSA) is 86.4 Å². The number of rotatable bonds is 5. The van der Waals surface area contributed by atoms with Crippen molar-refractivity contribution in [3.63, 3.8) is 0 Å². The number of thiophene rings is 1. The molecule has 0 spiro atoms. The molecule has 1 aliphatic rings. The third kappa shape index (κ3) is 4.08. The predicted molar refractivity (Wildman–Crippen MR) is 140 cm³/mol. The quantitative estimate of drug-likeness (QED) is 0.290. The van der Waals surface area contributed by atoms with Gasteiger partial charge in [-0.05, 0) is 57.8 Å². The summed E-state index contributed by atoms with van der Waals surface area (Å²) in [4.78, 5) is 18.7. The molecule has 2 N–H and O–H groups in total. The van der Waals surface area contributed by atoms with Gasteiger partial charge in [-0.15, -0.1) is 0 Å². The lowest BCUT2D eigenvalue weighted by molar-refractivity contribution is 0.0115. The summed E-state index contributed by atoms with van der Waals surface area (Å²) in [6, 6.07) is 10.2. The molecular formula is C27H21F2N7S. The van der Waals surface area contributed by atoms with Crippen LogP contribution in [0.1, 0.15) is 12.0 Å². The standard InChI is InChI=1S/C27H21F2N7S/c28-27(29)3-5-36(15-27)13-16-7-18(11-30-10-16)22-9-21-24(12-32-22)34-35-25(21)23-8-20-19(17-2-6-37-14-17)1-4-31-26(20)33-23/h1-2,4,6-12,14H,3,5,13,15H2,(H,31,33)(H,34,35). The minimum Gasteiger partial charge on any atom is -0.338 e. The van der Waals surface area contributed by atoms with Gasteiger partial charge in [0, 0.05) is 54.4 Å². The van der Waals surface area contributed by atoms with Crippen molar-refractivity contribution < 1.29 is 8.78 Å². The molecule has 6 aromatic rings. The highest BCUT2D eigenvalue weighted by atomic mass is 32.1. The van der Waals surface area contributed by atoms with E-state index >= 15 is 0 Å². The molecule has 0 aliphatic carbocycles. The molecule has 1 saturated heterocycles. The minimum atomic E-state index is -2.61. The van der Waals surface area contributed by atoms with E-state index in [0.29, 0.717) is 13.1 Å². The molecule has 184 valence electrons. The lowest BCUT2D eigenvalue weighted by Crippen LogP contribution is -2.24. The number of halogens is 2. The van der Waals surface area contributed by atoms with Crippen LogP contribution in [-0.4, -0.2) is 54.0 Å². The molecule has 10 heteroatoms. The van der Waals surface area contributed by atoms with E-state index < -0.39 is 5.92 Å². The van der Waals surface area contributed by atoms with Gasteiger partial charge in [-0.25, -0.2) is 13.8 Å². The lowest BCUT2D eigenvalue weighted by Gasteiger charge is -2.15. The normalized spacial score (nSPS) is 15.7. The monoisotopic (exact) mass is 513 g/mol. The number of hydrogen-bond donors (Lipinski definition) is 2. The Hall–Kier alpha value is -4.02. The molecule has 7 rings (SSSR count). The van der Waals surface area contributed by atoms with Crippen LogP contribution in [0.25, 0.3) is 55.7 Å². The number of hydrogen-bond acceptors (Lipinski definition) is 6. The van der Waals surface area contributed by atoms with Gasteiger partial charge in [-0.1, -0.05) is 0 Å². The summed E-state index contributed by atoms with van der Waals surface area (Å²) in [5, 5.41) is 13.8. The molecule has 0 unspecified atom stereocenters. The molecule has 1 aliphatic heterocycles. The van der Waals surface area contributed by atoms with Gasteiger partial charge in [0.1, 0.15) is 11.3 Å². The predicted octanol–water partition coefficient (Wildman–Crippen LogP) is 6.13. The van der Waals surface area contributed by atoms with Crippen LogP contribution in [0.3, 0.4) is 0 Å². The van der Waals surface area contributed by atoms with Gasteiger partial charge >= 0.3 is 0 Å². The molecule has 37 heavy (non-hydrogen) atoms. The zero-order chi connectivity index (χ0) is 25.0. The van der Waals surface area contributed by atoms with Crippen LogP contribution >= 0.6 is 11.3 Å². The van der Waals surface area contributed by atoms with E-state index in [1.807, 2.05) is 24.4 Å². The Morgan fingerprint density at radius 2 is 1.97 bits per heavy atom. The summed E-state index contributed by atoms with van der Waals surface area (Å²) in [6.07, 6.45) is 6.94. The molecule has 7 nitrogen and oxygen atoms in total. The van der Waals surface area contributed by atoms with Crippen molar-refractivity contribution in [2.75, 3.05) is 13.1 Å². The van der Waals surface area contributed by atoms with Crippen LogP contribution < -0.4 is 0 Å². The number of aromatic amines is 2. The summed E-state index contributed by atoms with van der Waals surface area (Å²) >= 11 is 1.66. The van der Waals surface area contributed by atoms with Gasteiger partial charge in [0.2, 0.25) is 0 Å². The molecule has 0 saturated carbocycles. The zero-order valence-corrected chi connectivity index (χ0v) is 20.4. The van der Waals surface area contributed by atoms with Gasteiger partial charge in [0.05, 0.1) is 29.6 Å². The summed E-state index contributed by atoms with van der Waals surface area (Å²) in [5.74, 6) is -2.61. The van der Waals surface area contributed by atoms with Crippen molar-refractivity contribution in [2.24, 2.45) is 0 Å². The fourth-order valence-electron chi connectivity index (χ4n) is 5.02. The highest BCUT2D eigenvalue weighted by Gasteiger charge is 2.37. The maximum absolute atomic E-state index is 13.6. The Kier molecular flexibility index (Phi) is 5.12. The number of H-pyrrole nitrogens is 2. The number of aromatic nitrogens is 6. The van der Waals surface area contributed by atoms with Gasteiger partial charge in [-0.3, -0.25) is 20.0 Å². The second-order valence-electron chi connectivity index (χ2n) is 9.40. The highest BCUT2D eigenvalue weighted by Crippen LogP contribution is 2.35. The first kappa shape index (κ1) is 22.2. The lowest BCUT2D eigenvalue weighted by atomic mass is 10.1. The van der Waals surface area contributed by atoms with Crippen molar-refractivity contribution in [3.8, 4) is 33.8 Å². The van der Waals surface area contributed by atoms with E-state index in [-0.39, 0.29) is 13.0 Å². The fourth-order valence-corrected chi connectivity index (χ4v) is 5.67. The first-order valence-electron chi connectivity index (χ1n) is 11.9. The zero-order valence-electron chi connectivity index (χ0n) is 19.6. The SMILES string of the molecule is FC1(F)CCN(Cc2cncc(-c3cc4c(-c5cc6c(-c7ccsc7)ccnc6[nH]5)n[nH]c4cn3)c2)C1. The summed E-state index contributed by atoms with van der Waals surface area (Å²) in [7, 11) is 0. The Morgan fingerprint density at radius 3 is 2.81 bits per heavy atom. The van der Waals surface area contributed by atoms with E-state index in [9.17, 15) is 8.78 Å². The van der Waals surface area contributed by atoms with Crippen LogP contribution in [0, 0.1) is 0 Å². The number of fused-ring (bicyclic) bond motifs is 2. The fraction of sp³-hybridized carbons (Fsp3) is 0.185. The van der Waals surface area contributed by atoms with Gasteiger partial charge in [0.25, 0.3) is 5.92 Å². The third-order valence-electron chi connectivity index (χ3n) is 6.81. The third-order valence-corrected chi connectivity index (χ3v) is 7.50. The highest BCUT2D eigenvalue weighted by molar-refractivity contribution is 7.08. The molecular weight excluding hydrogens is 492 g/mol. The Bertz CT molecular complexity index is 1740. The molecule has 0 atom stereocenters. The summed E-state index contributed by atoms with van der Waals surface area (Å²) in [6.45, 7) is 0.602. The van der Waals surface area contributed by atoms with Crippen molar-refractivity contribution in [3.05, 3.63) is 71.4 Å². The van der Waals surface area contributed by atoms with E-state index in [4.69, 9.17) is 0 Å². The second-order valence-corrected chi connectivity index (χ2v) is 10.2. The number of likely N-dealkylation sites (tertiary alicyclic amines) is 1. The Labute approximate surface area is 214 Å². The molecule has 0 radical (unpaired) electrons. The number of nitrogens with one attached hydrogen (secondary N) is 2.